The molecule has 1 fully saturated rings. The van der Waals surface area contributed by atoms with Crippen LogP contribution in [0.1, 0.15) is 45.6 Å². The van der Waals surface area contributed by atoms with Crippen molar-refractivity contribution in [3.63, 3.8) is 0 Å². The number of hydrogen-bond donors (Lipinski definition) is 0. The minimum atomic E-state index is -0.532. The third-order valence-electron chi connectivity index (χ3n) is 3.41. The number of carbonyl (C=O) groups is 2. The van der Waals surface area contributed by atoms with E-state index in [1.54, 1.807) is 0 Å². The van der Waals surface area contributed by atoms with Crippen molar-refractivity contribution in [1.82, 2.24) is 0 Å². The Morgan fingerprint density at radius 2 is 1.86 bits per heavy atom. The first kappa shape index (κ1) is 15.5. The maximum Gasteiger partial charge on any atom is 0.314 e. The van der Waals surface area contributed by atoms with Crippen LogP contribution in [0.3, 0.4) is 0 Å². The van der Waals surface area contributed by atoms with Gasteiger partial charge in [-0.1, -0.05) is 42.0 Å². The van der Waals surface area contributed by atoms with Gasteiger partial charge < -0.3 is 4.74 Å². The molecule has 0 amide bonds. The Hall–Kier alpha value is -1.90. The van der Waals surface area contributed by atoms with Gasteiger partial charge in [0.25, 0.3) is 0 Å². The van der Waals surface area contributed by atoms with Gasteiger partial charge in [0, 0.05) is 12.8 Å². The fraction of sp³-hybridized carbons (Fsp3) is 0.444. The minimum Gasteiger partial charge on any atom is -0.459 e. The number of ether oxygens (including phenoxy) is 1. The molecular weight excluding hydrogens is 264 g/mol. The molecule has 0 spiro atoms. The molecule has 1 aliphatic rings. The van der Waals surface area contributed by atoms with Gasteiger partial charge in [0.2, 0.25) is 0 Å². The highest BCUT2D eigenvalue weighted by Gasteiger charge is 2.33. The quantitative estimate of drug-likeness (QED) is 0.777. The average molecular weight is 286 g/mol. The molecule has 3 heteroatoms. The predicted octanol–water partition coefficient (Wildman–Crippen LogP) is 3.78. The standard InChI is InChI=1S/C18H22O3/c1-18(2,3)21-17(20)16-12-15(19)10-9-14(16)11-13-7-5-4-6-8-13/h4-8,11,16H,9-10,12H2,1-3H3/b14-11+/t16-/m0/s1. The molecule has 112 valence electrons. The predicted molar refractivity (Wildman–Crippen MR) is 82.6 cm³/mol. The lowest BCUT2D eigenvalue weighted by molar-refractivity contribution is -0.160. The summed E-state index contributed by atoms with van der Waals surface area (Å²) in [6.07, 6.45) is 3.42. The van der Waals surface area contributed by atoms with Gasteiger partial charge in [0.1, 0.15) is 11.4 Å². The highest BCUT2D eigenvalue weighted by atomic mass is 16.6. The van der Waals surface area contributed by atoms with Gasteiger partial charge in [-0.05, 0) is 32.8 Å². The van der Waals surface area contributed by atoms with Crippen LogP contribution >= 0.6 is 0 Å². The molecule has 3 nitrogen and oxygen atoms in total. The summed E-state index contributed by atoms with van der Waals surface area (Å²) in [4.78, 5) is 24.1. The van der Waals surface area contributed by atoms with E-state index in [1.165, 1.54) is 0 Å². The summed E-state index contributed by atoms with van der Waals surface area (Å²) in [5.74, 6) is -0.598. The van der Waals surface area contributed by atoms with Crippen molar-refractivity contribution in [2.24, 2.45) is 5.92 Å². The lowest BCUT2D eigenvalue weighted by Gasteiger charge is -2.27. The van der Waals surface area contributed by atoms with E-state index in [0.717, 1.165) is 11.1 Å². The minimum absolute atomic E-state index is 0.135. The molecule has 1 atom stereocenters. The Morgan fingerprint density at radius 3 is 2.48 bits per heavy atom. The Balaban J connectivity index is 2.23. The summed E-state index contributed by atoms with van der Waals surface area (Å²) in [6.45, 7) is 5.53. The first-order chi connectivity index (χ1) is 9.85. The molecule has 0 aliphatic heterocycles. The molecule has 1 aromatic rings. The van der Waals surface area contributed by atoms with Crippen molar-refractivity contribution in [2.75, 3.05) is 0 Å². The normalized spacial score (nSPS) is 21.4. The molecule has 0 saturated heterocycles. The summed E-state index contributed by atoms with van der Waals surface area (Å²) in [6, 6.07) is 9.87. The number of carbonyl (C=O) groups excluding carboxylic acids is 2. The van der Waals surface area contributed by atoms with Gasteiger partial charge >= 0.3 is 5.97 Å². The Kier molecular flexibility index (Phi) is 4.61. The van der Waals surface area contributed by atoms with Crippen LogP contribution in [0, 0.1) is 5.92 Å². The van der Waals surface area contributed by atoms with E-state index in [0.29, 0.717) is 12.8 Å². The zero-order valence-corrected chi connectivity index (χ0v) is 12.9. The fourth-order valence-corrected chi connectivity index (χ4v) is 2.46. The van der Waals surface area contributed by atoms with E-state index in [4.69, 9.17) is 4.74 Å². The van der Waals surface area contributed by atoms with Crippen molar-refractivity contribution in [1.29, 1.82) is 0 Å². The fourth-order valence-electron chi connectivity index (χ4n) is 2.46. The smallest absolute Gasteiger partial charge is 0.314 e. The molecule has 0 N–H and O–H groups in total. The first-order valence-electron chi connectivity index (χ1n) is 7.35. The van der Waals surface area contributed by atoms with Gasteiger partial charge in [0.05, 0.1) is 5.92 Å². The van der Waals surface area contributed by atoms with Crippen LogP contribution < -0.4 is 0 Å². The number of ketones is 1. The van der Waals surface area contributed by atoms with Gasteiger partial charge in [-0.15, -0.1) is 0 Å². The molecule has 1 saturated carbocycles. The van der Waals surface area contributed by atoms with Gasteiger partial charge in [0.15, 0.2) is 0 Å². The number of esters is 1. The van der Waals surface area contributed by atoms with Crippen LogP contribution in [-0.4, -0.2) is 17.4 Å². The second-order valence-electron chi connectivity index (χ2n) is 6.46. The summed E-state index contributed by atoms with van der Waals surface area (Å²) in [5.41, 5.74) is 1.51. The summed E-state index contributed by atoms with van der Waals surface area (Å²) in [7, 11) is 0. The lowest BCUT2D eigenvalue weighted by Crippen LogP contribution is -2.32. The van der Waals surface area contributed by atoms with Gasteiger partial charge in [-0.25, -0.2) is 0 Å². The van der Waals surface area contributed by atoms with Gasteiger partial charge in [-0.3, -0.25) is 9.59 Å². The largest absolute Gasteiger partial charge is 0.459 e. The zero-order chi connectivity index (χ0) is 15.5. The van der Waals surface area contributed by atoms with E-state index in [1.807, 2.05) is 57.2 Å². The van der Waals surface area contributed by atoms with E-state index in [2.05, 4.69) is 0 Å². The van der Waals surface area contributed by atoms with E-state index < -0.39 is 11.5 Å². The van der Waals surface area contributed by atoms with E-state index in [9.17, 15) is 9.59 Å². The second-order valence-corrected chi connectivity index (χ2v) is 6.46. The molecule has 1 aliphatic carbocycles. The molecule has 0 unspecified atom stereocenters. The maximum absolute atomic E-state index is 12.3. The number of rotatable bonds is 2. The topological polar surface area (TPSA) is 43.4 Å². The van der Waals surface area contributed by atoms with Crippen molar-refractivity contribution in [3.8, 4) is 0 Å². The molecular formula is C18H22O3. The molecule has 0 radical (unpaired) electrons. The van der Waals surface area contributed by atoms with Crippen LogP contribution in [0.15, 0.2) is 35.9 Å². The highest BCUT2D eigenvalue weighted by molar-refractivity contribution is 5.89. The zero-order valence-electron chi connectivity index (χ0n) is 12.9. The van der Waals surface area contributed by atoms with E-state index >= 15 is 0 Å². The highest BCUT2D eigenvalue weighted by Crippen LogP contribution is 2.31. The summed E-state index contributed by atoms with van der Waals surface area (Å²) in [5, 5.41) is 0. The Morgan fingerprint density at radius 1 is 1.19 bits per heavy atom. The van der Waals surface area contributed by atoms with Crippen molar-refractivity contribution >= 4 is 17.8 Å². The third-order valence-corrected chi connectivity index (χ3v) is 3.41. The van der Waals surface area contributed by atoms with Crippen LogP contribution in [0.5, 0.6) is 0 Å². The molecule has 1 aromatic carbocycles. The average Bonchev–Trinajstić information content (AvgIpc) is 2.40. The number of Topliss-reactive ketones (excluding diaryl/α,β-unsaturated/α-hetero) is 1. The van der Waals surface area contributed by atoms with Crippen molar-refractivity contribution in [3.05, 3.63) is 41.5 Å². The molecule has 21 heavy (non-hydrogen) atoms. The van der Waals surface area contributed by atoms with Crippen LogP contribution in [0.2, 0.25) is 0 Å². The van der Waals surface area contributed by atoms with Crippen LogP contribution in [0.4, 0.5) is 0 Å². The SMILES string of the molecule is CC(C)(C)OC(=O)[C@H]1CC(=O)CC/C1=C\c1ccccc1. The first-order valence-corrected chi connectivity index (χ1v) is 7.35. The van der Waals surface area contributed by atoms with Crippen LogP contribution in [-0.2, 0) is 14.3 Å². The van der Waals surface area contributed by atoms with Crippen molar-refractivity contribution in [2.45, 2.75) is 45.6 Å². The Labute approximate surface area is 126 Å². The number of hydrogen-bond acceptors (Lipinski definition) is 3. The van der Waals surface area contributed by atoms with E-state index in [-0.39, 0.29) is 18.2 Å². The Bertz CT molecular complexity index is 550. The summed E-state index contributed by atoms with van der Waals surface area (Å²) >= 11 is 0. The number of benzene rings is 1. The lowest BCUT2D eigenvalue weighted by atomic mass is 9.82. The monoisotopic (exact) mass is 286 g/mol. The summed E-state index contributed by atoms with van der Waals surface area (Å²) < 4.78 is 5.46. The van der Waals surface area contributed by atoms with Gasteiger partial charge in [-0.2, -0.15) is 0 Å². The van der Waals surface area contributed by atoms with Crippen LogP contribution in [0.25, 0.3) is 6.08 Å². The van der Waals surface area contributed by atoms with Crippen molar-refractivity contribution < 1.29 is 14.3 Å². The molecule has 2 rings (SSSR count). The molecule has 0 aromatic heterocycles. The molecule has 0 bridgehead atoms. The second kappa shape index (κ2) is 6.25. The maximum atomic E-state index is 12.3. The molecule has 0 heterocycles. The third kappa shape index (κ3) is 4.55.